The van der Waals surface area contributed by atoms with Gasteiger partial charge in [-0.1, -0.05) is 5.10 Å². The molecule has 0 bridgehead atoms. The number of allylic oxidation sites excluding steroid dienone is 1. The van der Waals surface area contributed by atoms with Gasteiger partial charge < -0.3 is 23.9 Å². The van der Waals surface area contributed by atoms with Crippen molar-refractivity contribution in [1.82, 2.24) is 20.2 Å². The van der Waals surface area contributed by atoms with Crippen LogP contribution in [0.2, 0.25) is 0 Å². The van der Waals surface area contributed by atoms with Gasteiger partial charge in [-0.15, -0.1) is 0 Å². The number of ether oxygens (including phenoxy) is 3. The number of hydrogen-bond acceptors (Lipinski definition) is 10. The van der Waals surface area contributed by atoms with Crippen LogP contribution in [0.15, 0.2) is 52.3 Å². The first-order valence-electron chi connectivity index (χ1n) is 8.76. The Morgan fingerprint density at radius 2 is 2.00 bits per heavy atom. The molecule has 3 heterocycles. The van der Waals surface area contributed by atoms with Crippen LogP contribution in [0.1, 0.15) is 22.2 Å². The van der Waals surface area contributed by atoms with Gasteiger partial charge in [0.15, 0.2) is 5.76 Å². The molecular formula is C19H17N5O6. The van der Waals surface area contributed by atoms with Gasteiger partial charge in [-0.25, -0.2) is 4.79 Å². The maximum atomic E-state index is 13.4. The lowest BCUT2D eigenvalue weighted by Gasteiger charge is -2.28. The molecule has 2 aromatic heterocycles. The fraction of sp³-hybridized carbons (Fsp3) is 0.211. The van der Waals surface area contributed by atoms with Crippen molar-refractivity contribution in [1.29, 1.82) is 0 Å². The van der Waals surface area contributed by atoms with Crippen LogP contribution in [0.25, 0.3) is 0 Å². The van der Waals surface area contributed by atoms with E-state index in [4.69, 9.17) is 18.6 Å². The summed E-state index contributed by atoms with van der Waals surface area (Å²) in [6.07, 6.45) is 1.37. The van der Waals surface area contributed by atoms with Gasteiger partial charge in [0.25, 0.3) is 0 Å². The van der Waals surface area contributed by atoms with E-state index in [0.717, 1.165) is 0 Å². The summed E-state index contributed by atoms with van der Waals surface area (Å²) in [5.74, 6) is -0.112. The Morgan fingerprint density at radius 1 is 1.17 bits per heavy atom. The lowest BCUT2D eigenvalue weighted by molar-refractivity contribution is -0.136. The number of nitrogens with zero attached hydrogens (tertiary/aromatic N) is 4. The molecule has 154 valence electrons. The summed E-state index contributed by atoms with van der Waals surface area (Å²) in [6, 6.07) is 7.26. The number of aromatic nitrogens is 4. The van der Waals surface area contributed by atoms with Gasteiger partial charge >= 0.3 is 5.97 Å². The van der Waals surface area contributed by atoms with E-state index in [1.54, 1.807) is 24.3 Å². The number of Topliss-reactive ketones (excluding diaryl/α,β-unsaturated/α-hetero) is 1. The predicted molar refractivity (Wildman–Crippen MR) is 101 cm³/mol. The van der Waals surface area contributed by atoms with Crippen LogP contribution in [0.4, 0.5) is 5.95 Å². The maximum absolute atomic E-state index is 13.4. The molecule has 0 amide bonds. The smallest absolute Gasteiger partial charge is 0.355 e. The molecule has 1 N–H and O–H groups in total. The summed E-state index contributed by atoms with van der Waals surface area (Å²) < 4.78 is 22.3. The van der Waals surface area contributed by atoms with Crippen LogP contribution in [0, 0.1) is 0 Å². The number of nitrogens with one attached hydrogen (secondary N) is 1. The number of anilines is 1. The van der Waals surface area contributed by atoms with Crippen molar-refractivity contribution in [3.8, 4) is 11.5 Å². The molecular weight excluding hydrogens is 394 g/mol. The first-order valence-corrected chi connectivity index (χ1v) is 8.76. The second kappa shape index (κ2) is 7.70. The number of fused-ring (bicyclic) bond motifs is 1. The first kappa shape index (κ1) is 19.2. The Kier molecular flexibility index (Phi) is 4.92. The van der Waals surface area contributed by atoms with Crippen molar-refractivity contribution in [2.75, 3.05) is 26.6 Å². The molecule has 11 nitrogen and oxygen atoms in total. The van der Waals surface area contributed by atoms with E-state index in [9.17, 15) is 9.59 Å². The highest BCUT2D eigenvalue weighted by Gasteiger charge is 2.40. The second-order valence-electron chi connectivity index (χ2n) is 6.17. The number of carbonyl (C=O) groups is 2. The number of methoxy groups -OCH3 is 3. The molecule has 3 aromatic rings. The minimum absolute atomic E-state index is 0.0417. The minimum atomic E-state index is -0.899. The molecule has 1 aliphatic heterocycles. The molecule has 0 fully saturated rings. The zero-order valence-electron chi connectivity index (χ0n) is 16.3. The van der Waals surface area contributed by atoms with Gasteiger partial charge in [-0.05, 0) is 34.7 Å². The maximum Gasteiger partial charge on any atom is 0.355 e. The van der Waals surface area contributed by atoms with Gasteiger partial charge in [0.1, 0.15) is 23.2 Å². The van der Waals surface area contributed by atoms with Crippen molar-refractivity contribution < 1.29 is 28.2 Å². The quantitative estimate of drug-likeness (QED) is 0.471. The third kappa shape index (κ3) is 3.05. The number of furan rings is 1. The lowest BCUT2D eigenvalue weighted by atomic mass is 9.90. The first-order chi connectivity index (χ1) is 14.6. The third-order valence-corrected chi connectivity index (χ3v) is 4.63. The van der Waals surface area contributed by atoms with E-state index in [-0.39, 0.29) is 23.0 Å². The molecule has 11 heteroatoms. The Bertz CT molecular complexity index is 1130. The third-order valence-electron chi connectivity index (χ3n) is 4.63. The molecule has 1 aliphatic rings. The fourth-order valence-electron chi connectivity index (χ4n) is 3.26. The lowest BCUT2D eigenvalue weighted by Crippen LogP contribution is -2.33. The van der Waals surface area contributed by atoms with E-state index < -0.39 is 17.8 Å². The number of tetrazole rings is 1. The fourth-order valence-corrected chi connectivity index (χ4v) is 3.26. The normalized spacial score (nSPS) is 15.2. The molecule has 4 rings (SSSR count). The van der Waals surface area contributed by atoms with E-state index in [1.807, 2.05) is 0 Å². The SMILES string of the molecule is COC(=O)C1=C(C(=O)c2ccco2)[C@@H](c2ccc(OC)cc2OC)n2nnnc2N1. The van der Waals surface area contributed by atoms with Crippen molar-refractivity contribution in [3.05, 3.63) is 59.2 Å². The van der Waals surface area contributed by atoms with Crippen LogP contribution in [0.5, 0.6) is 11.5 Å². The van der Waals surface area contributed by atoms with Crippen LogP contribution < -0.4 is 14.8 Å². The zero-order valence-corrected chi connectivity index (χ0v) is 16.3. The van der Waals surface area contributed by atoms with E-state index in [1.165, 1.54) is 38.3 Å². The summed E-state index contributed by atoms with van der Waals surface area (Å²) in [5.41, 5.74) is 0.480. The van der Waals surface area contributed by atoms with Crippen molar-refractivity contribution in [3.63, 3.8) is 0 Å². The molecule has 0 saturated carbocycles. The summed E-state index contributed by atoms with van der Waals surface area (Å²) in [4.78, 5) is 25.9. The zero-order chi connectivity index (χ0) is 21.3. The Morgan fingerprint density at radius 3 is 2.67 bits per heavy atom. The van der Waals surface area contributed by atoms with Gasteiger partial charge in [0.2, 0.25) is 11.7 Å². The average Bonchev–Trinajstić information content (AvgIpc) is 3.48. The summed E-state index contributed by atoms with van der Waals surface area (Å²) in [6.45, 7) is 0. The summed E-state index contributed by atoms with van der Waals surface area (Å²) >= 11 is 0. The molecule has 0 aliphatic carbocycles. The predicted octanol–water partition coefficient (Wildman–Crippen LogP) is 1.61. The summed E-state index contributed by atoms with van der Waals surface area (Å²) in [7, 11) is 4.23. The molecule has 1 aromatic carbocycles. The van der Waals surface area contributed by atoms with Gasteiger partial charge in [-0.3, -0.25) is 4.79 Å². The molecule has 0 unspecified atom stereocenters. The Labute approximate surface area is 170 Å². The standard InChI is InChI=1S/C19H17N5O6/c1-27-10-6-7-11(13(9-10)28-2)16-14(17(25)12-5-4-8-30-12)15(18(26)29-3)20-19-21-22-23-24(16)19/h4-9,16H,1-3H3,(H,20,21,23)/t16-/m1/s1. The molecule has 0 radical (unpaired) electrons. The van der Waals surface area contributed by atoms with Crippen LogP contribution in [0.3, 0.4) is 0 Å². The Balaban J connectivity index is 1.99. The average molecular weight is 411 g/mol. The molecule has 0 saturated heterocycles. The molecule has 30 heavy (non-hydrogen) atoms. The minimum Gasteiger partial charge on any atom is -0.497 e. The van der Waals surface area contributed by atoms with E-state index in [0.29, 0.717) is 17.1 Å². The van der Waals surface area contributed by atoms with Crippen LogP contribution in [-0.4, -0.2) is 53.3 Å². The highest BCUT2D eigenvalue weighted by atomic mass is 16.5. The van der Waals surface area contributed by atoms with E-state index >= 15 is 0 Å². The number of carbonyl (C=O) groups excluding carboxylic acids is 2. The Hall–Kier alpha value is -4.15. The number of esters is 1. The van der Waals surface area contributed by atoms with Crippen molar-refractivity contribution in [2.45, 2.75) is 6.04 Å². The monoisotopic (exact) mass is 411 g/mol. The molecule has 1 atom stereocenters. The number of rotatable bonds is 6. The summed E-state index contributed by atoms with van der Waals surface area (Å²) in [5, 5.41) is 14.3. The highest BCUT2D eigenvalue weighted by Crippen LogP contribution is 2.41. The van der Waals surface area contributed by atoms with Gasteiger partial charge in [0, 0.05) is 11.6 Å². The van der Waals surface area contributed by atoms with Crippen LogP contribution >= 0.6 is 0 Å². The number of hydrogen-bond donors (Lipinski definition) is 1. The van der Waals surface area contributed by atoms with Gasteiger partial charge in [-0.2, -0.15) is 4.68 Å². The highest BCUT2D eigenvalue weighted by molar-refractivity contribution is 6.13. The largest absolute Gasteiger partial charge is 0.497 e. The topological polar surface area (TPSA) is 131 Å². The second-order valence-corrected chi connectivity index (χ2v) is 6.17. The number of ketones is 1. The van der Waals surface area contributed by atoms with Gasteiger partial charge in [0.05, 0.1) is 33.2 Å². The van der Waals surface area contributed by atoms with Crippen LogP contribution in [-0.2, 0) is 9.53 Å². The van der Waals surface area contributed by atoms with E-state index in [2.05, 4.69) is 20.8 Å². The van der Waals surface area contributed by atoms with Crippen molar-refractivity contribution in [2.24, 2.45) is 0 Å². The van der Waals surface area contributed by atoms with Crippen molar-refractivity contribution >= 4 is 17.7 Å². The molecule has 0 spiro atoms. The number of benzene rings is 1.